The standard InChI is InChI=1S/C18H34N4O3/c1-19-3-2-4-20(6-5-19)12-16-11-17(15-23)14-22(13-16)18(24)21-7-9-25-10-8-21/h16-17,23H,2-15H2,1H3/t16-,17-/m1/s1. The first-order valence-electron chi connectivity index (χ1n) is 9.79. The maximum atomic E-state index is 12.8. The maximum absolute atomic E-state index is 12.8. The summed E-state index contributed by atoms with van der Waals surface area (Å²) >= 11 is 0. The van der Waals surface area contributed by atoms with Crippen LogP contribution in [-0.2, 0) is 4.74 Å². The highest BCUT2D eigenvalue weighted by molar-refractivity contribution is 5.74. The molecule has 0 aromatic heterocycles. The van der Waals surface area contributed by atoms with Gasteiger partial charge in [0.15, 0.2) is 0 Å². The highest BCUT2D eigenvalue weighted by Crippen LogP contribution is 2.24. The molecular weight excluding hydrogens is 320 g/mol. The van der Waals surface area contributed by atoms with E-state index in [0.29, 0.717) is 38.8 Å². The predicted molar refractivity (Wildman–Crippen MR) is 96.6 cm³/mol. The largest absolute Gasteiger partial charge is 0.396 e. The van der Waals surface area contributed by atoms with Crippen LogP contribution >= 0.6 is 0 Å². The van der Waals surface area contributed by atoms with Gasteiger partial charge in [-0.25, -0.2) is 4.79 Å². The van der Waals surface area contributed by atoms with Gasteiger partial charge in [0.2, 0.25) is 0 Å². The lowest BCUT2D eigenvalue weighted by molar-refractivity contribution is 0.0281. The van der Waals surface area contributed by atoms with Crippen LogP contribution in [0.2, 0.25) is 0 Å². The van der Waals surface area contributed by atoms with Gasteiger partial charge in [-0.2, -0.15) is 0 Å². The number of hydrogen-bond acceptors (Lipinski definition) is 5. The van der Waals surface area contributed by atoms with Crippen LogP contribution < -0.4 is 0 Å². The third kappa shape index (κ3) is 5.29. The molecule has 0 spiro atoms. The van der Waals surface area contributed by atoms with Crippen molar-refractivity contribution in [2.45, 2.75) is 12.8 Å². The first kappa shape index (κ1) is 18.9. The van der Waals surface area contributed by atoms with E-state index in [9.17, 15) is 9.90 Å². The molecule has 0 aromatic carbocycles. The summed E-state index contributed by atoms with van der Waals surface area (Å²) in [6.07, 6.45) is 2.23. The van der Waals surface area contributed by atoms with Crippen LogP contribution in [0.1, 0.15) is 12.8 Å². The number of morpholine rings is 1. The molecule has 0 bridgehead atoms. The lowest BCUT2D eigenvalue weighted by atomic mass is 9.89. The van der Waals surface area contributed by atoms with Gasteiger partial charge in [0, 0.05) is 58.3 Å². The second kappa shape index (κ2) is 9.16. The molecule has 25 heavy (non-hydrogen) atoms. The number of rotatable bonds is 3. The normalized spacial score (nSPS) is 30.3. The van der Waals surface area contributed by atoms with Gasteiger partial charge in [-0.1, -0.05) is 0 Å². The Balaban J connectivity index is 1.56. The molecule has 0 saturated carbocycles. The minimum atomic E-state index is 0.127. The van der Waals surface area contributed by atoms with Crippen molar-refractivity contribution in [3.05, 3.63) is 0 Å². The van der Waals surface area contributed by atoms with Crippen LogP contribution in [0, 0.1) is 11.8 Å². The molecule has 3 aliphatic heterocycles. The number of carbonyl (C=O) groups is 1. The molecule has 7 nitrogen and oxygen atoms in total. The number of aliphatic hydroxyl groups excluding tert-OH is 1. The lowest BCUT2D eigenvalue weighted by Gasteiger charge is -2.41. The van der Waals surface area contributed by atoms with Gasteiger partial charge in [0.25, 0.3) is 0 Å². The first-order chi connectivity index (χ1) is 12.2. The average molecular weight is 354 g/mol. The van der Waals surface area contributed by atoms with Crippen molar-refractivity contribution < 1.29 is 14.6 Å². The van der Waals surface area contributed by atoms with Crippen LogP contribution in [0.25, 0.3) is 0 Å². The second-order valence-corrected chi connectivity index (χ2v) is 7.89. The third-order valence-corrected chi connectivity index (χ3v) is 5.76. The van der Waals surface area contributed by atoms with Crippen molar-refractivity contribution in [1.82, 2.24) is 19.6 Å². The van der Waals surface area contributed by atoms with E-state index in [-0.39, 0.29) is 18.6 Å². The van der Waals surface area contributed by atoms with Crippen molar-refractivity contribution in [2.24, 2.45) is 11.8 Å². The number of hydrogen-bond donors (Lipinski definition) is 1. The van der Waals surface area contributed by atoms with E-state index in [1.807, 2.05) is 9.80 Å². The number of nitrogens with zero attached hydrogens (tertiary/aromatic N) is 4. The fourth-order valence-electron chi connectivity index (χ4n) is 4.34. The summed E-state index contributed by atoms with van der Waals surface area (Å²) in [5, 5.41) is 9.71. The van der Waals surface area contributed by atoms with E-state index in [1.54, 1.807) is 0 Å². The zero-order valence-electron chi connectivity index (χ0n) is 15.6. The molecule has 3 aliphatic rings. The molecule has 0 aromatic rings. The van der Waals surface area contributed by atoms with Crippen LogP contribution in [0.3, 0.4) is 0 Å². The van der Waals surface area contributed by atoms with Crippen LogP contribution in [0.4, 0.5) is 4.79 Å². The number of aliphatic hydroxyl groups is 1. The quantitative estimate of drug-likeness (QED) is 0.774. The zero-order valence-corrected chi connectivity index (χ0v) is 15.6. The summed E-state index contributed by atoms with van der Waals surface area (Å²) in [6, 6.07) is 0.127. The van der Waals surface area contributed by atoms with Crippen molar-refractivity contribution in [3.63, 3.8) is 0 Å². The first-order valence-corrected chi connectivity index (χ1v) is 9.79. The summed E-state index contributed by atoms with van der Waals surface area (Å²) in [4.78, 5) is 21.7. The van der Waals surface area contributed by atoms with Gasteiger partial charge in [-0.05, 0) is 38.9 Å². The lowest BCUT2D eigenvalue weighted by Crippen LogP contribution is -2.54. The Labute approximate surface area is 151 Å². The summed E-state index contributed by atoms with van der Waals surface area (Å²) in [6.45, 7) is 9.88. The van der Waals surface area contributed by atoms with Gasteiger partial charge in [-0.3, -0.25) is 0 Å². The highest BCUT2D eigenvalue weighted by atomic mass is 16.5. The van der Waals surface area contributed by atoms with Crippen LogP contribution in [-0.4, -0.2) is 117 Å². The summed E-state index contributed by atoms with van der Waals surface area (Å²) in [7, 11) is 2.19. The molecule has 3 heterocycles. The van der Waals surface area contributed by atoms with Gasteiger partial charge in [0.05, 0.1) is 13.2 Å². The number of carbonyl (C=O) groups excluding carboxylic acids is 1. The number of urea groups is 1. The number of piperidine rings is 1. The third-order valence-electron chi connectivity index (χ3n) is 5.76. The highest BCUT2D eigenvalue weighted by Gasteiger charge is 2.33. The fourth-order valence-corrected chi connectivity index (χ4v) is 4.34. The Morgan fingerprint density at radius 1 is 1.00 bits per heavy atom. The Kier molecular flexibility index (Phi) is 6.92. The zero-order chi connectivity index (χ0) is 17.6. The molecule has 144 valence electrons. The number of likely N-dealkylation sites (tertiary alicyclic amines) is 1. The van der Waals surface area contributed by atoms with Crippen molar-refractivity contribution in [3.8, 4) is 0 Å². The predicted octanol–water partition coefficient (Wildman–Crippen LogP) is 0.00650. The topological polar surface area (TPSA) is 59.5 Å². The fraction of sp³-hybridized carbons (Fsp3) is 0.944. The SMILES string of the molecule is CN1CCCN(C[C@H]2C[C@@H](CO)CN(C(=O)N3CCOCC3)C2)CC1. The van der Waals surface area contributed by atoms with Crippen LogP contribution in [0.15, 0.2) is 0 Å². The Morgan fingerprint density at radius 3 is 2.52 bits per heavy atom. The minimum Gasteiger partial charge on any atom is -0.396 e. The van der Waals surface area contributed by atoms with Gasteiger partial charge < -0.3 is 29.4 Å². The number of likely N-dealkylation sites (N-methyl/N-ethyl adjacent to an activating group) is 1. The number of ether oxygens (including phenoxy) is 1. The molecular formula is C18H34N4O3. The van der Waals surface area contributed by atoms with Gasteiger partial charge in [-0.15, -0.1) is 0 Å². The van der Waals surface area contributed by atoms with Gasteiger partial charge in [0.1, 0.15) is 0 Å². The van der Waals surface area contributed by atoms with Crippen molar-refractivity contribution >= 4 is 6.03 Å². The van der Waals surface area contributed by atoms with Crippen molar-refractivity contribution in [1.29, 1.82) is 0 Å². The van der Waals surface area contributed by atoms with E-state index in [2.05, 4.69) is 16.8 Å². The molecule has 3 rings (SSSR count). The Morgan fingerprint density at radius 2 is 1.76 bits per heavy atom. The number of amides is 2. The summed E-state index contributed by atoms with van der Waals surface area (Å²) in [5.74, 6) is 0.665. The van der Waals surface area contributed by atoms with E-state index < -0.39 is 0 Å². The molecule has 3 saturated heterocycles. The average Bonchev–Trinajstić information content (AvgIpc) is 2.85. The molecule has 0 radical (unpaired) electrons. The maximum Gasteiger partial charge on any atom is 0.320 e. The monoisotopic (exact) mass is 354 g/mol. The van der Waals surface area contributed by atoms with Crippen molar-refractivity contribution in [2.75, 3.05) is 85.8 Å². The molecule has 2 amide bonds. The van der Waals surface area contributed by atoms with E-state index in [0.717, 1.165) is 39.1 Å². The Hall–Kier alpha value is -0.890. The molecule has 1 N–H and O–H groups in total. The van der Waals surface area contributed by atoms with Crippen LogP contribution in [0.5, 0.6) is 0 Å². The second-order valence-electron chi connectivity index (χ2n) is 7.89. The van der Waals surface area contributed by atoms with Gasteiger partial charge >= 0.3 is 6.03 Å². The molecule has 7 heteroatoms. The molecule has 2 atom stereocenters. The molecule has 0 unspecified atom stereocenters. The van der Waals surface area contributed by atoms with E-state index >= 15 is 0 Å². The Bertz CT molecular complexity index is 431. The molecule has 0 aliphatic carbocycles. The summed E-state index contributed by atoms with van der Waals surface area (Å²) in [5.41, 5.74) is 0. The summed E-state index contributed by atoms with van der Waals surface area (Å²) < 4.78 is 5.36. The van der Waals surface area contributed by atoms with E-state index in [1.165, 1.54) is 13.0 Å². The smallest absolute Gasteiger partial charge is 0.320 e. The minimum absolute atomic E-state index is 0.127. The molecule has 3 fully saturated rings. The van der Waals surface area contributed by atoms with E-state index in [4.69, 9.17) is 4.74 Å².